The van der Waals surface area contributed by atoms with Gasteiger partial charge >= 0.3 is 0 Å². The molecule has 6 heteroatoms. The third-order valence-corrected chi connectivity index (χ3v) is 13.8. The van der Waals surface area contributed by atoms with Crippen molar-refractivity contribution in [3.05, 3.63) is 206 Å². The van der Waals surface area contributed by atoms with Gasteiger partial charge in [-0.25, -0.2) is 15.0 Å². The largest absolute Gasteiger partial charge is 0.456 e. The topological polar surface area (TPSA) is 69.9 Å². The Hall–Kier alpha value is -9.13. The summed E-state index contributed by atoms with van der Waals surface area (Å²) in [7, 11) is 0. The van der Waals surface area contributed by atoms with E-state index in [9.17, 15) is 0 Å². The van der Waals surface area contributed by atoms with E-state index in [0.717, 1.165) is 98.8 Å². The summed E-state index contributed by atoms with van der Waals surface area (Å²) in [4.78, 5) is 16.0. The number of furan rings is 2. The van der Waals surface area contributed by atoms with Crippen molar-refractivity contribution in [2.45, 2.75) is 0 Å². The second-order valence-corrected chi connectivity index (χ2v) is 17.5. The zero-order valence-electron chi connectivity index (χ0n) is 35.7. The molecule has 0 spiro atoms. The summed E-state index contributed by atoms with van der Waals surface area (Å²) in [6.07, 6.45) is 0. The van der Waals surface area contributed by atoms with Gasteiger partial charge in [0.15, 0.2) is 17.5 Å². The molecule has 67 heavy (non-hydrogen) atoms. The van der Waals surface area contributed by atoms with E-state index < -0.39 is 0 Å². The van der Waals surface area contributed by atoms with E-state index >= 15 is 0 Å². The van der Waals surface area contributed by atoms with Gasteiger partial charge in [-0.1, -0.05) is 140 Å². The number of fused-ring (bicyclic) bond motifs is 15. The summed E-state index contributed by atoms with van der Waals surface area (Å²) >= 11 is 0. The predicted molar refractivity (Wildman–Crippen MR) is 275 cm³/mol. The summed E-state index contributed by atoms with van der Waals surface area (Å²) in [5.74, 6) is 1.73. The zero-order valence-corrected chi connectivity index (χ0v) is 35.7. The molecule has 0 fully saturated rings. The number of nitrogens with zero attached hydrogens (tertiary/aromatic N) is 4. The number of aromatic nitrogens is 4. The average molecular weight is 855 g/mol. The van der Waals surface area contributed by atoms with Crippen molar-refractivity contribution in [3.8, 4) is 39.9 Å². The maximum atomic E-state index is 6.77. The van der Waals surface area contributed by atoms with Crippen LogP contribution < -0.4 is 0 Å². The highest BCUT2D eigenvalue weighted by Gasteiger charge is 2.22. The van der Waals surface area contributed by atoms with Gasteiger partial charge in [0.2, 0.25) is 0 Å². The zero-order chi connectivity index (χ0) is 43.7. The molecule has 4 aromatic heterocycles. The Morgan fingerprint density at radius 1 is 0.299 bits per heavy atom. The van der Waals surface area contributed by atoms with E-state index in [0.29, 0.717) is 17.5 Å². The van der Waals surface area contributed by atoms with Gasteiger partial charge < -0.3 is 13.4 Å². The Balaban J connectivity index is 0.998. The molecule has 0 bridgehead atoms. The van der Waals surface area contributed by atoms with Crippen molar-refractivity contribution in [2.24, 2.45) is 0 Å². The first-order valence-electron chi connectivity index (χ1n) is 22.6. The molecular formula is C61H34N4O2. The summed E-state index contributed by atoms with van der Waals surface area (Å²) in [5.41, 5.74) is 9.28. The molecule has 0 atom stereocenters. The van der Waals surface area contributed by atoms with Crippen LogP contribution in [0.5, 0.6) is 0 Å². The smallest absolute Gasteiger partial charge is 0.164 e. The molecule has 15 rings (SSSR count). The summed E-state index contributed by atoms with van der Waals surface area (Å²) in [5, 5.41) is 15.8. The summed E-state index contributed by atoms with van der Waals surface area (Å²) in [6, 6.07) is 72.8. The molecule has 6 nitrogen and oxygen atoms in total. The molecule has 0 saturated carbocycles. The second kappa shape index (κ2) is 13.7. The average Bonchev–Trinajstić information content (AvgIpc) is 4.07. The molecule has 0 saturated heterocycles. The maximum Gasteiger partial charge on any atom is 0.164 e. The van der Waals surface area contributed by atoms with E-state index in [2.05, 4.69) is 168 Å². The Bertz CT molecular complexity index is 4590. The normalized spacial score (nSPS) is 12.2. The van der Waals surface area contributed by atoms with Crippen LogP contribution >= 0.6 is 0 Å². The van der Waals surface area contributed by atoms with Crippen molar-refractivity contribution in [3.63, 3.8) is 0 Å². The number of hydrogen-bond acceptors (Lipinski definition) is 5. The Morgan fingerprint density at radius 3 is 1.76 bits per heavy atom. The minimum absolute atomic E-state index is 0.563. The fourth-order valence-electron chi connectivity index (χ4n) is 10.7. The Labute approximate surface area is 381 Å². The highest BCUT2D eigenvalue weighted by molar-refractivity contribution is 6.25. The van der Waals surface area contributed by atoms with Crippen LogP contribution in [0.15, 0.2) is 215 Å². The molecule has 11 aromatic carbocycles. The van der Waals surface area contributed by atoms with E-state index in [-0.39, 0.29) is 0 Å². The van der Waals surface area contributed by atoms with Crippen LogP contribution in [-0.4, -0.2) is 19.5 Å². The molecule has 0 aliphatic carbocycles. The third-order valence-electron chi connectivity index (χ3n) is 13.8. The molecule has 0 aliphatic heterocycles. The van der Waals surface area contributed by atoms with Crippen LogP contribution in [0.1, 0.15) is 0 Å². The maximum absolute atomic E-state index is 6.77. The fourth-order valence-corrected chi connectivity index (χ4v) is 10.7. The predicted octanol–water partition coefficient (Wildman–Crippen LogP) is 16.4. The monoisotopic (exact) mass is 854 g/mol. The van der Waals surface area contributed by atoms with Crippen LogP contribution in [0.25, 0.3) is 149 Å². The Morgan fingerprint density at radius 2 is 0.881 bits per heavy atom. The number of hydrogen-bond donors (Lipinski definition) is 0. The van der Waals surface area contributed by atoms with Crippen LogP contribution in [0.3, 0.4) is 0 Å². The van der Waals surface area contributed by atoms with Crippen molar-refractivity contribution < 1.29 is 8.83 Å². The van der Waals surface area contributed by atoms with Gasteiger partial charge in [0.05, 0.1) is 11.0 Å². The lowest BCUT2D eigenvalue weighted by Gasteiger charge is -2.12. The van der Waals surface area contributed by atoms with Crippen LogP contribution in [-0.2, 0) is 0 Å². The molecule has 4 heterocycles. The molecular weight excluding hydrogens is 821 g/mol. The van der Waals surface area contributed by atoms with Gasteiger partial charge in [0.1, 0.15) is 22.3 Å². The highest BCUT2D eigenvalue weighted by atomic mass is 16.3. The van der Waals surface area contributed by atoms with E-state index in [1.807, 2.05) is 42.5 Å². The fraction of sp³-hybridized carbons (Fsp3) is 0. The standard InChI is InChI=1S/C61H34N4O2/c1-2-14-39-33-51-49(31-38(39)13-1)56-43-17-6-4-12-36(43)24-28-50(56)65(51)41-27-23-37-25-30-55-58(47(37)34-41)57-46(20-10-22-54(57)67-55)61-63-59(40-26-29-53-48(32-40)44-18-7-8-21-52(44)66-53)62-60(64-61)45-19-9-15-35-11-3-5-16-42(35)45/h1-34H. The molecule has 0 N–H and O–H groups in total. The van der Waals surface area contributed by atoms with Crippen molar-refractivity contribution >= 4 is 109 Å². The van der Waals surface area contributed by atoms with Crippen LogP contribution in [0, 0.1) is 0 Å². The van der Waals surface area contributed by atoms with E-state index in [1.165, 1.54) is 32.3 Å². The minimum atomic E-state index is 0.563. The van der Waals surface area contributed by atoms with E-state index in [4.69, 9.17) is 23.8 Å². The first-order valence-corrected chi connectivity index (χ1v) is 22.6. The molecule has 0 unspecified atom stereocenters. The minimum Gasteiger partial charge on any atom is -0.456 e. The molecule has 0 amide bonds. The lowest BCUT2D eigenvalue weighted by atomic mass is 9.99. The van der Waals surface area contributed by atoms with Gasteiger partial charge in [-0.3, -0.25) is 0 Å². The van der Waals surface area contributed by atoms with E-state index in [1.54, 1.807) is 0 Å². The summed E-state index contributed by atoms with van der Waals surface area (Å²) in [6.45, 7) is 0. The summed E-state index contributed by atoms with van der Waals surface area (Å²) < 4.78 is 15.4. The second-order valence-electron chi connectivity index (χ2n) is 17.5. The van der Waals surface area contributed by atoms with Crippen molar-refractivity contribution in [1.29, 1.82) is 0 Å². The Kier molecular flexibility index (Phi) is 7.40. The van der Waals surface area contributed by atoms with Gasteiger partial charge in [0, 0.05) is 54.7 Å². The molecule has 0 radical (unpaired) electrons. The first-order chi connectivity index (χ1) is 33.2. The highest BCUT2D eigenvalue weighted by Crippen LogP contribution is 2.44. The SMILES string of the molecule is c1ccc2cc3c(cc2c1)c1c2ccccc2ccc1n3-c1ccc2ccc3oc4cccc(-c5nc(-c6ccc7oc8ccccc8c7c6)nc(-c6cccc7ccccc67)n5)c4c3c2c1. The quantitative estimate of drug-likeness (QED) is 0.176. The molecule has 15 aromatic rings. The number of para-hydroxylation sites is 1. The van der Waals surface area contributed by atoms with Crippen molar-refractivity contribution in [2.75, 3.05) is 0 Å². The first kappa shape index (κ1) is 36.2. The van der Waals surface area contributed by atoms with Crippen LogP contribution in [0.2, 0.25) is 0 Å². The van der Waals surface area contributed by atoms with Gasteiger partial charge in [0.25, 0.3) is 0 Å². The lowest BCUT2D eigenvalue weighted by molar-refractivity contribution is 0.668. The number of rotatable bonds is 4. The van der Waals surface area contributed by atoms with Gasteiger partial charge in [-0.15, -0.1) is 0 Å². The molecule has 0 aliphatic rings. The molecule has 310 valence electrons. The third kappa shape index (κ3) is 5.35. The van der Waals surface area contributed by atoms with Gasteiger partial charge in [-0.2, -0.15) is 0 Å². The van der Waals surface area contributed by atoms with Crippen molar-refractivity contribution in [1.82, 2.24) is 19.5 Å². The van der Waals surface area contributed by atoms with Crippen LogP contribution in [0.4, 0.5) is 0 Å². The van der Waals surface area contributed by atoms with Gasteiger partial charge in [-0.05, 0) is 110 Å². The number of benzene rings is 11. The lowest BCUT2D eigenvalue weighted by Crippen LogP contribution is -2.01.